The van der Waals surface area contributed by atoms with E-state index in [0.29, 0.717) is 17.5 Å². The SMILES string of the molecule is CC(C)Oc1ncc(C2CC2)cc1OC(=O)C1CC1. The van der Waals surface area contributed by atoms with Gasteiger partial charge in [0.15, 0.2) is 5.75 Å². The number of rotatable bonds is 5. The molecule has 102 valence electrons. The van der Waals surface area contributed by atoms with Gasteiger partial charge in [-0.15, -0.1) is 0 Å². The van der Waals surface area contributed by atoms with Gasteiger partial charge in [-0.1, -0.05) is 0 Å². The predicted octanol–water partition coefficient (Wildman–Crippen LogP) is 3.06. The number of esters is 1. The summed E-state index contributed by atoms with van der Waals surface area (Å²) in [7, 11) is 0. The maximum atomic E-state index is 11.8. The number of pyridine rings is 1. The van der Waals surface area contributed by atoms with Crippen molar-refractivity contribution >= 4 is 5.97 Å². The molecular formula is C15H19NO3. The van der Waals surface area contributed by atoms with E-state index in [1.807, 2.05) is 26.1 Å². The zero-order valence-corrected chi connectivity index (χ0v) is 11.4. The standard InChI is InChI=1S/C15H19NO3/c1-9(2)18-14-13(19-15(17)11-5-6-11)7-12(8-16-14)10-3-4-10/h7-11H,3-6H2,1-2H3. The van der Waals surface area contributed by atoms with Crippen LogP contribution in [0, 0.1) is 5.92 Å². The van der Waals surface area contributed by atoms with Crippen molar-refractivity contribution in [2.75, 3.05) is 0 Å². The maximum Gasteiger partial charge on any atom is 0.314 e. The Balaban J connectivity index is 1.82. The summed E-state index contributed by atoms with van der Waals surface area (Å²) in [6.45, 7) is 3.87. The fourth-order valence-electron chi connectivity index (χ4n) is 1.98. The van der Waals surface area contributed by atoms with Crippen LogP contribution < -0.4 is 9.47 Å². The summed E-state index contributed by atoms with van der Waals surface area (Å²) in [6.07, 6.45) is 6.12. The molecule has 2 aliphatic carbocycles. The van der Waals surface area contributed by atoms with Gasteiger partial charge in [-0.2, -0.15) is 0 Å². The zero-order valence-electron chi connectivity index (χ0n) is 11.4. The smallest absolute Gasteiger partial charge is 0.314 e. The van der Waals surface area contributed by atoms with E-state index in [1.54, 1.807) is 0 Å². The molecule has 3 rings (SSSR count). The Morgan fingerprint density at radius 1 is 1.32 bits per heavy atom. The van der Waals surface area contributed by atoms with Crippen molar-refractivity contribution in [3.8, 4) is 11.6 Å². The highest BCUT2D eigenvalue weighted by Crippen LogP contribution is 2.42. The van der Waals surface area contributed by atoms with Gasteiger partial charge in [-0.25, -0.2) is 4.98 Å². The minimum atomic E-state index is -0.150. The highest BCUT2D eigenvalue weighted by molar-refractivity contribution is 5.77. The maximum absolute atomic E-state index is 11.8. The molecule has 2 fully saturated rings. The van der Waals surface area contributed by atoms with Crippen LogP contribution in [0.3, 0.4) is 0 Å². The van der Waals surface area contributed by atoms with Crippen LogP contribution in [0.1, 0.15) is 51.0 Å². The topological polar surface area (TPSA) is 48.4 Å². The van der Waals surface area contributed by atoms with Gasteiger partial charge < -0.3 is 9.47 Å². The minimum absolute atomic E-state index is 0.0117. The van der Waals surface area contributed by atoms with Gasteiger partial charge in [-0.05, 0) is 57.1 Å². The first-order valence-electron chi connectivity index (χ1n) is 7.02. The molecule has 2 aliphatic rings. The lowest BCUT2D eigenvalue weighted by atomic mass is 10.2. The first kappa shape index (κ1) is 12.5. The molecule has 4 nitrogen and oxygen atoms in total. The molecule has 2 saturated carbocycles. The summed E-state index contributed by atoms with van der Waals surface area (Å²) < 4.78 is 11.1. The van der Waals surface area contributed by atoms with Gasteiger partial charge >= 0.3 is 5.97 Å². The molecule has 0 radical (unpaired) electrons. The summed E-state index contributed by atoms with van der Waals surface area (Å²) in [4.78, 5) is 16.1. The molecule has 0 unspecified atom stereocenters. The fraction of sp³-hybridized carbons (Fsp3) is 0.600. The molecule has 0 spiro atoms. The number of aromatic nitrogens is 1. The highest BCUT2D eigenvalue weighted by atomic mass is 16.6. The number of ether oxygens (including phenoxy) is 2. The quantitative estimate of drug-likeness (QED) is 0.764. The Kier molecular flexibility index (Phi) is 3.17. The van der Waals surface area contributed by atoms with Crippen molar-refractivity contribution in [2.24, 2.45) is 5.92 Å². The van der Waals surface area contributed by atoms with Crippen LogP contribution in [-0.2, 0) is 4.79 Å². The van der Waals surface area contributed by atoms with Crippen LogP contribution in [0.4, 0.5) is 0 Å². The van der Waals surface area contributed by atoms with Crippen LogP contribution >= 0.6 is 0 Å². The van der Waals surface area contributed by atoms with E-state index < -0.39 is 0 Å². The molecular weight excluding hydrogens is 242 g/mol. The number of nitrogens with zero attached hydrogens (tertiary/aromatic N) is 1. The van der Waals surface area contributed by atoms with Crippen LogP contribution in [0.2, 0.25) is 0 Å². The predicted molar refractivity (Wildman–Crippen MR) is 70.3 cm³/mol. The molecule has 1 aromatic heterocycles. The lowest BCUT2D eigenvalue weighted by Crippen LogP contribution is -2.14. The summed E-state index contributed by atoms with van der Waals surface area (Å²) in [6, 6.07) is 1.92. The third-order valence-electron chi connectivity index (χ3n) is 3.36. The average molecular weight is 261 g/mol. The largest absolute Gasteiger partial charge is 0.472 e. The van der Waals surface area contributed by atoms with E-state index in [2.05, 4.69) is 4.98 Å². The van der Waals surface area contributed by atoms with Crippen molar-refractivity contribution < 1.29 is 14.3 Å². The summed E-state index contributed by atoms with van der Waals surface area (Å²) in [5.74, 6) is 1.42. The Morgan fingerprint density at radius 3 is 2.63 bits per heavy atom. The second-order valence-corrected chi connectivity index (χ2v) is 5.71. The molecule has 0 amide bonds. The lowest BCUT2D eigenvalue weighted by Gasteiger charge is -2.14. The molecule has 0 aliphatic heterocycles. The lowest BCUT2D eigenvalue weighted by molar-refractivity contribution is -0.135. The highest BCUT2D eigenvalue weighted by Gasteiger charge is 2.33. The van der Waals surface area contributed by atoms with Crippen LogP contribution in [0.25, 0.3) is 0 Å². The van der Waals surface area contributed by atoms with Crippen molar-refractivity contribution in [1.29, 1.82) is 0 Å². The van der Waals surface area contributed by atoms with E-state index in [1.165, 1.54) is 12.8 Å². The molecule has 1 heterocycles. The number of carbonyl (C=O) groups excluding carboxylic acids is 1. The van der Waals surface area contributed by atoms with E-state index in [4.69, 9.17) is 9.47 Å². The van der Waals surface area contributed by atoms with Crippen molar-refractivity contribution in [2.45, 2.75) is 51.6 Å². The minimum Gasteiger partial charge on any atom is -0.472 e. The normalized spacial score (nSPS) is 18.5. The number of carbonyl (C=O) groups is 1. The van der Waals surface area contributed by atoms with Gasteiger partial charge in [-0.3, -0.25) is 4.79 Å². The van der Waals surface area contributed by atoms with Gasteiger partial charge in [0.1, 0.15) is 0 Å². The van der Waals surface area contributed by atoms with Crippen molar-refractivity contribution in [1.82, 2.24) is 4.98 Å². The van der Waals surface area contributed by atoms with E-state index in [0.717, 1.165) is 18.4 Å². The number of hydrogen-bond acceptors (Lipinski definition) is 4. The fourth-order valence-corrected chi connectivity index (χ4v) is 1.98. The molecule has 19 heavy (non-hydrogen) atoms. The van der Waals surface area contributed by atoms with E-state index in [9.17, 15) is 4.79 Å². The van der Waals surface area contributed by atoms with Crippen molar-refractivity contribution in [3.63, 3.8) is 0 Å². The van der Waals surface area contributed by atoms with E-state index >= 15 is 0 Å². The van der Waals surface area contributed by atoms with Crippen molar-refractivity contribution in [3.05, 3.63) is 17.8 Å². The van der Waals surface area contributed by atoms with Gasteiger partial charge in [0.25, 0.3) is 5.88 Å². The van der Waals surface area contributed by atoms with Crippen LogP contribution in [-0.4, -0.2) is 17.1 Å². The molecule has 0 N–H and O–H groups in total. The second-order valence-electron chi connectivity index (χ2n) is 5.71. The molecule has 0 bridgehead atoms. The molecule has 1 aromatic rings. The third kappa shape index (κ3) is 3.06. The first-order valence-corrected chi connectivity index (χ1v) is 7.02. The summed E-state index contributed by atoms with van der Waals surface area (Å²) in [5, 5.41) is 0. The molecule has 0 aromatic carbocycles. The van der Waals surface area contributed by atoms with E-state index in [-0.39, 0.29) is 18.0 Å². The number of hydrogen-bond donors (Lipinski definition) is 0. The molecule has 0 saturated heterocycles. The first-order chi connectivity index (χ1) is 9.13. The van der Waals surface area contributed by atoms with Crippen LogP contribution in [0.5, 0.6) is 11.6 Å². The summed E-state index contributed by atoms with van der Waals surface area (Å²) >= 11 is 0. The second kappa shape index (κ2) is 4.83. The Morgan fingerprint density at radius 2 is 2.05 bits per heavy atom. The van der Waals surface area contributed by atoms with Gasteiger partial charge in [0.2, 0.25) is 0 Å². The summed E-state index contributed by atoms with van der Waals surface area (Å²) in [5.41, 5.74) is 1.15. The molecule has 0 atom stereocenters. The average Bonchev–Trinajstić information content (AvgIpc) is 3.23. The van der Waals surface area contributed by atoms with Crippen LogP contribution in [0.15, 0.2) is 12.3 Å². The van der Waals surface area contributed by atoms with Gasteiger partial charge in [0, 0.05) is 6.20 Å². The Hall–Kier alpha value is -1.58. The van der Waals surface area contributed by atoms with Gasteiger partial charge in [0.05, 0.1) is 12.0 Å². The monoisotopic (exact) mass is 261 g/mol. The Bertz CT molecular complexity index is 490. The zero-order chi connectivity index (χ0) is 13.4. The third-order valence-corrected chi connectivity index (χ3v) is 3.36. The Labute approximate surface area is 113 Å². The molecule has 4 heteroatoms.